The van der Waals surface area contributed by atoms with Gasteiger partial charge in [0.1, 0.15) is 11.6 Å². The maximum absolute atomic E-state index is 6.07. The zero-order chi connectivity index (χ0) is 13.2. The number of nitrogens with zero attached hydrogens (tertiary/aromatic N) is 3. The summed E-state index contributed by atoms with van der Waals surface area (Å²) in [6.45, 7) is 5.84. The molecular weight excluding hydrogens is 236 g/mol. The van der Waals surface area contributed by atoms with Crippen LogP contribution in [0.25, 0.3) is 5.52 Å². The lowest BCUT2D eigenvalue weighted by Gasteiger charge is -2.31. The van der Waals surface area contributed by atoms with Gasteiger partial charge in [0, 0.05) is 13.0 Å². The molecule has 0 aliphatic carbocycles. The van der Waals surface area contributed by atoms with Crippen molar-refractivity contribution in [3.63, 3.8) is 0 Å². The predicted octanol–water partition coefficient (Wildman–Crippen LogP) is 2.19. The van der Waals surface area contributed by atoms with Gasteiger partial charge in [0.15, 0.2) is 0 Å². The Morgan fingerprint density at radius 1 is 1.42 bits per heavy atom. The number of nitrogens with two attached hydrogens (primary N) is 1. The predicted molar refractivity (Wildman–Crippen MR) is 78.1 cm³/mol. The maximum Gasteiger partial charge on any atom is 0.115 e. The fourth-order valence-electron chi connectivity index (χ4n) is 3.15. The molecule has 4 heteroatoms. The van der Waals surface area contributed by atoms with Crippen molar-refractivity contribution < 1.29 is 0 Å². The molecule has 1 aliphatic heterocycles. The van der Waals surface area contributed by atoms with E-state index in [0.29, 0.717) is 5.92 Å². The third-order valence-electron chi connectivity index (χ3n) is 4.18. The summed E-state index contributed by atoms with van der Waals surface area (Å²) in [6.07, 6.45) is 5.56. The third-order valence-corrected chi connectivity index (χ3v) is 4.18. The van der Waals surface area contributed by atoms with Crippen LogP contribution in [0.2, 0.25) is 0 Å². The first kappa shape index (κ1) is 12.5. The van der Waals surface area contributed by atoms with Crippen LogP contribution in [-0.2, 0) is 6.42 Å². The molecule has 1 saturated heterocycles. The number of hydrogen-bond acceptors (Lipinski definition) is 3. The highest BCUT2D eigenvalue weighted by atomic mass is 15.1. The van der Waals surface area contributed by atoms with Gasteiger partial charge < -0.3 is 10.6 Å². The van der Waals surface area contributed by atoms with Gasteiger partial charge in [-0.2, -0.15) is 0 Å². The van der Waals surface area contributed by atoms with Gasteiger partial charge in [0.25, 0.3) is 0 Å². The van der Waals surface area contributed by atoms with E-state index in [9.17, 15) is 0 Å². The molecule has 1 atom stereocenters. The van der Waals surface area contributed by atoms with Gasteiger partial charge in [0.05, 0.1) is 11.7 Å². The van der Waals surface area contributed by atoms with Crippen molar-refractivity contribution in [3.05, 3.63) is 30.2 Å². The van der Waals surface area contributed by atoms with Crippen LogP contribution in [0, 0.1) is 5.92 Å². The van der Waals surface area contributed by atoms with E-state index < -0.39 is 0 Å². The van der Waals surface area contributed by atoms with Crippen LogP contribution in [0.4, 0.5) is 5.82 Å². The van der Waals surface area contributed by atoms with E-state index in [-0.39, 0.29) is 0 Å². The molecule has 0 aromatic carbocycles. The summed E-state index contributed by atoms with van der Waals surface area (Å²) in [6, 6.07) is 5.99. The zero-order valence-electron chi connectivity index (χ0n) is 11.5. The lowest BCUT2D eigenvalue weighted by atomic mass is 9.94. The Hall–Kier alpha value is -1.55. The van der Waals surface area contributed by atoms with Gasteiger partial charge in [-0.05, 0) is 44.0 Å². The number of fused-ring (bicyclic) bond motifs is 1. The molecule has 19 heavy (non-hydrogen) atoms. The fourth-order valence-corrected chi connectivity index (χ4v) is 3.15. The van der Waals surface area contributed by atoms with Gasteiger partial charge in [-0.1, -0.05) is 13.0 Å². The maximum atomic E-state index is 6.07. The molecule has 1 aliphatic rings. The normalized spacial score (nSPS) is 21.0. The molecule has 0 saturated carbocycles. The Morgan fingerprint density at radius 3 is 3.16 bits per heavy atom. The van der Waals surface area contributed by atoms with Crippen LogP contribution in [0.15, 0.2) is 24.4 Å². The quantitative estimate of drug-likeness (QED) is 0.918. The first-order chi connectivity index (χ1) is 9.28. The number of aromatic nitrogens is 2. The van der Waals surface area contributed by atoms with E-state index in [4.69, 9.17) is 5.73 Å². The molecule has 3 heterocycles. The monoisotopic (exact) mass is 258 g/mol. The molecule has 3 rings (SSSR count). The highest BCUT2D eigenvalue weighted by Gasteiger charge is 2.20. The Labute approximate surface area is 114 Å². The van der Waals surface area contributed by atoms with Gasteiger partial charge >= 0.3 is 0 Å². The van der Waals surface area contributed by atoms with Crippen LogP contribution in [0.3, 0.4) is 0 Å². The van der Waals surface area contributed by atoms with Crippen molar-refractivity contribution in [2.75, 3.05) is 25.4 Å². The van der Waals surface area contributed by atoms with Crippen LogP contribution >= 0.6 is 0 Å². The molecule has 1 unspecified atom stereocenters. The topological polar surface area (TPSA) is 46.6 Å². The third kappa shape index (κ3) is 2.45. The SMILES string of the molecule is CCN1CCCC(Cc2ncc3cccc(N)n23)C1. The summed E-state index contributed by atoms with van der Waals surface area (Å²) in [5.41, 5.74) is 7.17. The molecule has 1 fully saturated rings. The molecule has 102 valence electrons. The number of imidazole rings is 1. The number of nitrogen functional groups attached to an aromatic ring is 1. The van der Waals surface area contributed by atoms with E-state index in [0.717, 1.165) is 30.1 Å². The molecule has 2 N–H and O–H groups in total. The molecule has 0 radical (unpaired) electrons. The van der Waals surface area contributed by atoms with Crippen LogP contribution in [-0.4, -0.2) is 33.9 Å². The van der Waals surface area contributed by atoms with Crippen molar-refractivity contribution in [3.8, 4) is 0 Å². The minimum Gasteiger partial charge on any atom is -0.385 e. The molecule has 0 bridgehead atoms. The number of hydrogen-bond donors (Lipinski definition) is 1. The highest BCUT2D eigenvalue weighted by Crippen LogP contribution is 2.22. The second-order valence-electron chi connectivity index (χ2n) is 5.49. The standard InChI is InChI=1S/C15H22N4/c1-2-18-8-4-5-12(11-18)9-15-17-10-13-6-3-7-14(16)19(13)15/h3,6-7,10,12H,2,4-5,8-9,11,16H2,1H3. The van der Waals surface area contributed by atoms with Crippen LogP contribution in [0.5, 0.6) is 0 Å². The van der Waals surface area contributed by atoms with E-state index in [2.05, 4.69) is 27.3 Å². The molecule has 4 nitrogen and oxygen atoms in total. The van der Waals surface area contributed by atoms with Gasteiger partial charge in [-0.25, -0.2) is 4.98 Å². The molecular formula is C15H22N4. The Kier molecular flexibility index (Phi) is 3.42. The van der Waals surface area contributed by atoms with Crippen LogP contribution < -0.4 is 5.73 Å². The number of piperidine rings is 1. The van der Waals surface area contributed by atoms with E-state index in [1.54, 1.807) is 0 Å². The fraction of sp³-hybridized carbons (Fsp3) is 0.533. The summed E-state index contributed by atoms with van der Waals surface area (Å²) in [7, 11) is 0. The summed E-state index contributed by atoms with van der Waals surface area (Å²) in [5.74, 6) is 2.60. The number of rotatable bonds is 3. The highest BCUT2D eigenvalue weighted by molar-refractivity contribution is 5.53. The van der Waals surface area contributed by atoms with Gasteiger partial charge in [-0.3, -0.25) is 4.40 Å². The van der Waals surface area contributed by atoms with Gasteiger partial charge in [-0.15, -0.1) is 0 Å². The minimum absolute atomic E-state index is 0.707. The zero-order valence-corrected chi connectivity index (χ0v) is 11.5. The van der Waals surface area contributed by atoms with Crippen molar-refractivity contribution in [1.82, 2.24) is 14.3 Å². The smallest absolute Gasteiger partial charge is 0.115 e. The lowest BCUT2D eigenvalue weighted by molar-refractivity contribution is 0.181. The first-order valence-corrected chi connectivity index (χ1v) is 7.21. The number of likely N-dealkylation sites (tertiary alicyclic amines) is 1. The Balaban J connectivity index is 1.81. The molecule has 2 aromatic heterocycles. The van der Waals surface area contributed by atoms with Crippen molar-refractivity contribution in [2.45, 2.75) is 26.2 Å². The van der Waals surface area contributed by atoms with E-state index in [1.807, 2.05) is 18.3 Å². The van der Waals surface area contributed by atoms with Crippen molar-refractivity contribution >= 4 is 11.3 Å². The Bertz CT molecular complexity index is 560. The van der Waals surface area contributed by atoms with Crippen LogP contribution in [0.1, 0.15) is 25.6 Å². The molecule has 0 amide bonds. The van der Waals surface area contributed by atoms with Gasteiger partial charge in [0.2, 0.25) is 0 Å². The summed E-state index contributed by atoms with van der Waals surface area (Å²) in [4.78, 5) is 7.10. The Morgan fingerprint density at radius 2 is 2.32 bits per heavy atom. The first-order valence-electron chi connectivity index (χ1n) is 7.21. The second kappa shape index (κ2) is 5.21. The molecule has 2 aromatic rings. The van der Waals surface area contributed by atoms with Crippen molar-refractivity contribution in [2.24, 2.45) is 5.92 Å². The second-order valence-corrected chi connectivity index (χ2v) is 5.49. The number of anilines is 1. The lowest BCUT2D eigenvalue weighted by Crippen LogP contribution is -2.36. The molecule has 0 spiro atoms. The summed E-state index contributed by atoms with van der Waals surface area (Å²) >= 11 is 0. The minimum atomic E-state index is 0.707. The van der Waals surface area contributed by atoms with E-state index in [1.165, 1.54) is 25.9 Å². The van der Waals surface area contributed by atoms with E-state index >= 15 is 0 Å². The number of pyridine rings is 1. The average Bonchev–Trinajstić information content (AvgIpc) is 2.84. The summed E-state index contributed by atoms with van der Waals surface area (Å²) < 4.78 is 2.09. The average molecular weight is 258 g/mol. The van der Waals surface area contributed by atoms with Crippen molar-refractivity contribution in [1.29, 1.82) is 0 Å². The largest absolute Gasteiger partial charge is 0.385 e. The summed E-state index contributed by atoms with van der Waals surface area (Å²) in [5, 5.41) is 0.